The topological polar surface area (TPSA) is 59.2 Å². The van der Waals surface area contributed by atoms with Crippen LogP contribution in [0.5, 0.6) is 0 Å². The molecule has 6 heteroatoms. The van der Waals surface area contributed by atoms with Crippen LogP contribution in [0.4, 0.5) is 0 Å². The molecule has 1 fully saturated rings. The monoisotopic (exact) mass is 367 g/mol. The van der Waals surface area contributed by atoms with Crippen LogP contribution in [0.15, 0.2) is 59.1 Å². The first-order valence-electron chi connectivity index (χ1n) is 8.64. The van der Waals surface area contributed by atoms with E-state index >= 15 is 0 Å². The van der Waals surface area contributed by atoms with Crippen molar-refractivity contribution in [3.8, 4) is 11.4 Å². The number of carbonyl (C=O) groups is 1. The second-order valence-corrected chi connectivity index (χ2v) is 6.86. The Morgan fingerprint density at radius 1 is 1.15 bits per heavy atom. The van der Waals surface area contributed by atoms with E-state index in [1.165, 1.54) is 0 Å². The van der Waals surface area contributed by atoms with E-state index in [1.54, 1.807) is 6.07 Å². The molecule has 1 aromatic heterocycles. The number of carbonyl (C=O) groups excluding carboxylic acids is 1. The maximum atomic E-state index is 12.7. The lowest BCUT2D eigenvalue weighted by atomic mass is 9.97. The van der Waals surface area contributed by atoms with E-state index in [4.69, 9.17) is 16.1 Å². The number of hydrogen-bond acceptors (Lipinski definition) is 4. The maximum absolute atomic E-state index is 12.7. The molecule has 1 saturated heterocycles. The Morgan fingerprint density at radius 2 is 2.00 bits per heavy atom. The standard InChI is InChI=1S/C20H18ClN3O2/c21-17-10-4-8-15(12-17)18-22-19(26-23-18)16-9-5-11-24(13-16)20(25)14-6-2-1-3-7-14/h1-4,6-8,10,12,16H,5,9,11,13H2. The highest BCUT2D eigenvalue weighted by Crippen LogP contribution is 2.29. The lowest BCUT2D eigenvalue weighted by molar-refractivity contribution is 0.0695. The molecule has 5 nitrogen and oxygen atoms in total. The summed E-state index contributed by atoms with van der Waals surface area (Å²) in [5.74, 6) is 1.20. The summed E-state index contributed by atoms with van der Waals surface area (Å²) in [4.78, 5) is 19.1. The summed E-state index contributed by atoms with van der Waals surface area (Å²) >= 11 is 6.03. The number of amides is 1. The molecule has 1 amide bonds. The summed E-state index contributed by atoms with van der Waals surface area (Å²) in [5.41, 5.74) is 1.53. The van der Waals surface area contributed by atoms with Crippen molar-refractivity contribution in [2.24, 2.45) is 0 Å². The van der Waals surface area contributed by atoms with E-state index in [2.05, 4.69) is 10.1 Å². The molecule has 0 bridgehead atoms. The van der Waals surface area contributed by atoms with Crippen LogP contribution in [0.2, 0.25) is 5.02 Å². The van der Waals surface area contributed by atoms with Crippen LogP contribution in [0, 0.1) is 0 Å². The van der Waals surface area contributed by atoms with Gasteiger partial charge in [0.25, 0.3) is 5.91 Å². The van der Waals surface area contributed by atoms with Gasteiger partial charge in [-0.15, -0.1) is 0 Å². The van der Waals surface area contributed by atoms with Crippen LogP contribution in [0.1, 0.15) is 35.0 Å². The Bertz CT molecular complexity index is 910. The van der Waals surface area contributed by atoms with E-state index in [1.807, 2.05) is 53.4 Å². The number of hydrogen-bond donors (Lipinski definition) is 0. The van der Waals surface area contributed by atoms with Crippen molar-refractivity contribution < 1.29 is 9.32 Å². The molecule has 0 aliphatic carbocycles. The minimum atomic E-state index is 0.0462. The van der Waals surface area contributed by atoms with Gasteiger partial charge < -0.3 is 9.42 Å². The third-order valence-electron chi connectivity index (χ3n) is 4.60. The van der Waals surface area contributed by atoms with E-state index in [-0.39, 0.29) is 11.8 Å². The number of piperidine rings is 1. The van der Waals surface area contributed by atoms with Crippen LogP contribution in [0.3, 0.4) is 0 Å². The molecule has 26 heavy (non-hydrogen) atoms. The normalized spacial score (nSPS) is 17.3. The first-order valence-corrected chi connectivity index (χ1v) is 9.02. The zero-order chi connectivity index (χ0) is 17.9. The van der Waals surface area contributed by atoms with Crippen molar-refractivity contribution in [2.75, 3.05) is 13.1 Å². The third kappa shape index (κ3) is 3.48. The molecular weight excluding hydrogens is 350 g/mol. The number of benzene rings is 2. The predicted molar refractivity (Wildman–Crippen MR) is 99.1 cm³/mol. The zero-order valence-corrected chi connectivity index (χ0v) is 14.9. The maximum Gasteiger partial charge on any atom is 0.253 e. The Morgan fingerprint density at radius 3 is 2.81 bits per heavy atom. The van der Waals surface area contributed by atoms with Gasteiger partial charge in [-0.05, 0) is 37.1 Å². The van der Waals surface area contributed by atoms with Gasteiger partial charge in [0.1, 0.15) is 0 Å². The first kappa shape index (κ1) is 16.8. The van der Waals surface area contributed by atoms with Gasteiger partial charge >= 0.3 is 0 Å². The minimum absolute atomic E-state index is 0.0462. The van der Waals surface area contributed by atoms with E-state index in [9.17, 15) is 4.79 Å². The van der Waals surface area contributed by atoms with Crippen LogP contribution in [-0.2, 0) is 0 Å². The molecule has 1 unspecified atom stereocenters. The predicted octanol–water partition coefficient (Wildman–Crippen LogP) is 4.41. The summed E-state index contributed by atoms with van der Waals surface area (Å²) in [6.45, 7) is 1.34. The fourth-order valence-electron chi connectivity index (χ4n) is 3.27. The quantitative estimate of drug-likeness (QED) is 0.688. The van der Waals surface area contributed by atoms with E-state index in [0.29, 0.717) is 28.8 Å². The van der Waals surface area contributed by atoms with Crippen molar-refractivity contribution in [3.05, 3.63) is 71.1 Å². The average molecular weight is 368 g/mol. The fourth-order valence-corrected chi connectivity index (χ4v) is 3.46. The second kappa shape index (κ2) is 7.30. The van der Waals surface area contributed by atoms with Crippen LogP contribution in [-0.4, -0.2) is 34.0 Å². The van der Waals surface area contributed by atoms with Gasteiger partial charge in [0, 0.05) is 29.2 Å². The molecule has 0 radical (unpaired) electrons. The summed E-state index contributed by atoms with van der Waals surface area (Å²) in [6, 6.07) is 16.7. The highest BCUT2D eigenvalue weighted by molar-refractivity contribution is 6.30. The van der Waals surface area contributed by atoms with E-state index < -0.39 is 0 Å². The lowest BCUT2D eigenvalue weighted by Gasteiger charge is -2.31. The van der Waals surface area contributed by atoms with Crippen molar-refractivity contribution in [1.29, 1.82) is 0 Å². The SMILES string of the molecule is O=C(c1ccccc1)N1CCCC(c2nc(-c3cccc(Cl)c3)no2)C1. The lowest BCUT2D eigenvalue weighted by Crippen LogP contribution is -2.39. The molecule has 2 heterocycles. The molecule has 0 N–H and O–H groups in total. The molecule has 2 aromatic carbocycles. The number of rotatable bonds is 3. The summed E-state index contributed by atoms with van der Waals surface area (Å²) in [7, 11) is 0. The van der Waals surface area contributed by atoms with Gasteiger partial charge in [-0.3, -0.25) is 4.79 Å². The van der Waals surface area contributed by atoms with Crippen molar-refractivity contribution in [2.45, 2.75) is 18.8 Å². The van der Waals surface area contributed by atoms with Gasteiger partial charge in [-0.2, -0.15) is 4.98 Å². The first-order chi connectivity index (χ1) is 12.7. The molecular formula is C20H18ClN3O2. The van der Waals surface area contributed by atoms with Crippen molar-refractivity contribution in [1.82, 2.24) is 15.0 Å². The minimum Gasteiger partial charge on any atom is -0.339 e. The highest BCUT2D eigenvalue weighted by atomic mass is 35.5. The third-order valence-corrected chi connectivity index (χ3v) is 4.84. The fraction of sp³-hybridized carbons (Fsp3) is 0.250. The molecule has 1 aliphatic rings. The number of likely N-dealkylation sites (tertiary alicyclic amines) is 1. The average Bonchev–Trinajstić information content (AvgIpc) is 3.19. The molecule has 1 aliphatic heterocycles. The van der Waals surface area contributed by atoms with Crippen LogP contribution in [0.25, 0.3) is 11.4 Å². The van der Waals surface area contributed by atoms with Gasteiger partial charge in [-0.1, -0.05) is 47.1 Å². The molecule has 0 saturated carbocycles. The number of aromatic nitrogens is 2. The van der Waals surface area contributed by atoms with Gasteiger partial charge in [-0.25, -0.2) is 0 Å². The van der Waals surface area contributed by atoms with Crippen LogP contribution >= 0.6 is 11.6 Å². The van der Waals surface area contributed by atoms with Crippen molar-refractivity contribution in [3.63, 3.8) is 0 Å². The zero-order valence-electron chi connectivity index (χ0n) is 14.1. The Labute approximate surface area is 156 Å². The summed E-state index contributed by atoms with van der Waals surface area (Å²) < 4.78 is 5.49. The van der Waals surface area contributed by atoms with E-state index in [0.717, 1.165) is 24.9 Å². The number of halogens is 1. The summed E-state index contributed by atoms with van der Waals surface area (Å²) in [6.07, 6.45) is 1.84. The molecule has 0 spiro atoms. The van der Waals surface area contributed by atoms with Gasteiger partial charge in [0.2, 0.25) is 11.7 Å². The van der Waals surface area contributed by atoms with Gasteiger partial charge in [0.05, 0.1) is 5.92 Å². The Balaban J connectivity index is 1.51. The molecule has 3 aromatic rings. The Kier molecular flexibility index (Phi) is 4.71. The van der Waals surface area contributed by atoms with Crippen LogP contribution < -0.4 is 0 Å². The smallest absolute Gasteiger partial charge is 0.253 e. The number of nitrogens with zero attached hydrogens (tertiary/aromatic N) is 3. The Hall–Kier alpha value is -2.66. The molecule has 1 atom stereocenters. The highest BCUT2D eigenvalue weighted by Gasteiger charge is 2.29. The molecule has 4 rings (SSSR count). The summed E-state index contributed by atoms with van der Waals surface area (Å²) in [5, 5.41) is 4.71. The largest absolute Gasteiger partial charge is 0.339 e. The molecule has 132 valence electrons. The van der Waals surface area contributed by atoms with Crippen molar-refractivity contribution >= 4 is 17.5 Å². The van der Waals surface area contributed by atoms with Gasteiger partial charge in [0.15, 0.2) is 0 Å². The second-order valence-electron chi connectivity index (χ2n) is 6.42.